The van der Waals surface area contributed by atoms with E-state index in [9.17, 15) is 9.59 Å². The highest BCUT2D eigenvalue weighted by Gasteiger charge is 2.15. The van der Waals surface area contributed by atoms with E-state index in [1.165, 1.54) is 11.8 Å². The smallest absolute Gasteiger partial charge is 0.234 e. The maximum Gasteiger partial charge on any atom is 0.234 e. The lowest BCUT2D eigenvalue weighted by Gasteiger charge is -2.11. The Morgan fingerprint density at radius 3 is 2.45 bits per heavy atom. The predicted molar refractivity (Wildman–Crippen MR) is 117 cm³/mol. The molecule has 1 amide bonds. The van der Waals surface area contributed by atoms with Crippen LogP contribution in [0.2, 0.25) is 0 Å². The first-order valence-electron chi connectivity index (χ1n) is 9.17. The van der Waals surface area contributed by atoms with Crippen molar-refractivity contribution >= 4 is 40.0 Å². The maximum absolute atomic E-state index is 12.8. The van der Waals surface area contributed by atoms with Crippen LogP contribution in [0.15, 0.2) is 96.0 Å². The second-order valence-corrected chi connectivity index (χ2v) is 7.43. The molecule has 0 bridgehead atoms. The quantitative estimate of drug-likeness (QED) is 0.358. The monoisotopic (exact) mass is 398 g/mol. The van der Waals surface area contributed by atoms with Crippen LogP contribution < -0.4 is 5.32 Å². The van der Waals surface area contributed by atoms with Crippen LogP contribution in [-0.4, -0.2) is 22.4 Å². The summed E-state index contributed by atoms with van der Waals surface area (Å²) in [5.41, 5.74) is 2.46. The maximum atomic E-state index is 12.8. The summed E-state index contributed by atoms with van der Waals surface area (Å²) in [6, 6.07) is 25.9. The minimum absolute atomic E-state index is 0.118. The summed E-state index contributed by atoms with van der Waals surface area (Å²) in [7, 11) is 0. The van der Waals surface area contributed by atoms with Gasteiger partial charge in [0.25, 0.3) is 0 Å². The van der Waals surface area contributed by atoms with Crippen molar-refractivity contribution in [2.45, 2.75) is 4.90 Å². The molecular weight excluding hydrogens is 380 g/mol. The summed E-state index contributed by atoms with van der Waals surface area (Å²) in [5.74, 6) is -0.0625. The molecule has 0 aliphatic carbocycles. The minimum Gasteiger partial charge on any atom is -0.325 e. The molecule has 0 aliphatic rings. The average molecular weight is 398 g/mol. The average Bonchev–Trinajstić information content (AvgIpc) is 2.78. The van der Waals surface area contributed by atoms with Crippen LogP contribution in [-0.2, 0) is 4.79 Å². The van der Waals surface area contributed by atoms with E-state index in [-0.39, 0.29) is 17.4 Å². The molecule has 29 heavy (non-hydrogen) atoms. The van der Waals surface area contributed by atoms with Gasteiger partial charge in [-0.05, 0) is 24.3 Å². The van der Waals surface area contributed by atoms with Gasteiger partial charge in [0.05, 0.1) is 17.0 Å². The van der Waals surface area contributed by atoms with E-state index in [1.54, 1.807) is 42.6 Å². The van der Waals surface area contributed by atoms with Gasteiger partial charge in [-0.1, -0.05) is 60.7 Å². The molecule has 0 atom stereocenters. The highest BCUT2D eigenvalue weighted by atomic mass is 32.2. The summed E-state index contributed by atoms with van der Waals surface area (Å²) < 4.78 is 0. The summed E-state index contributed by atoms with van der Waals surface area (Å²) >= 11 is 1.43. The molecule has 1 aromatic heterocycles. The predicted octanol–water partition coefficient (Wildman–Crippen LogP) is 5.20. The normalized spacial score (nSPS) is 10.6. The first-order valence-corrected chi connectivity index (χ1v) is 10.2. The largest absolute Gasteiger partial charge is 0.325 e. The molecule has 0 spiro atoms. The molecule has 0 unspecified atom stereocenters. The van der Waals surface area contributed by atoms with Gasteiger partial charge in [-0.15, -0.1) is 11.8 Å². The highest BCUT2D eigenvalue weighted by molar-refractivity contribution is 8.00. The van der Waals surface area contributed by atoms with E-state index in [2.05, 4.69) is 10.3 Å². The first kappa shape index (κ1) is 18.9. The van der Waals surface area contributed by atoms with E-state index >= 15 is 0 Å². The molecule has 1 N–H and O–H groups in total. The van der Waals surface area contributed by atoms with Crippen LogP contribution in [0.3, 0.4) is 0 Å². The third-order valence-corrected chi connectivity index (χ3v) is 5.48. The van der Waals surface area contributed by atoms with Crippen LogP contribution in [0.25, 0.3) is 10.9 Å². The number of anilines is 1. The lowest BCUT2D eigenvalue weighted by atomic mass is 10.0. The number of thioether (sulfide) groups is 1. The van der Waals surface area contributed by atoms with E-state index in [0.29, 0.717) is 16.8 Å². The van der Waals surface area contributed by atoms with Crippen molar-refractivity contribution in [1.82, 2.24) is 4.98 Å². The van der Waals surface area contributed by atoms with Crippen molar-refractivity contribution < 1.29 is 9.59 Å². The standard InChI is InChI=1S/C24H18N2O2S/c27-22(16-29-21-14-6-10-17-11-7-15-25-23(17)21)26-20-13-5-4-12-19(20)24(28)18-8-2-1-3-9-18/h1-15H,16H2,(H,26,27). The molecule has 0 saturated heterocycles. The fourth-order valence-corrected chi connectivity index (χ4v) is 3.90. The Hall–Kier alpha value is -3.44. The summed E-state index contributed by atoms with van der Waals surface area (Å²) in [6.45, 7) is 0. The summed E-state index contributed by atoms with van der Waals surface area (Å²) in [4.78, 5) is 30.7. The van der Waals surface area contributed by atoms with Crippen LogP contribution in [0, 0.1) is 0 Å². The topological polar surface area (TPSA) is 59.1 Å². The minimum atomic E-state index is -0.170. The number of para-hydroxylation sites is 2. The Morgan fingerprint density at radius 2 is 1.59 bits per heavy atom. The van der Waals surface area contributed by atoms with Gasteiger partial charge in [0, 0.05) is 27.6 Å². The number of rotatable bonds is 6. The van der Waals surface area contributed by atoms with Gasteiger partial charge >= 0.3 is 0 Å². The van der Waals surface area contributed by atoms with Crippen molar-refractivity contribution in [3.63, 3.8) is 0 Å². The fraction of sp³-hybridized carbons (Fsp3) is 0.0417. The molecule has 1 heterocycles. The number of hydrogen-bond acceptors (Lipinski definition) is 4. The third kappa shape index (κ3) is 4.36. The molecule has 5 heteroatoms. The zero-order chi connectivity index (χ0) is 20.1. The van der Waals surface area contributed by atoms with Crippen molar-refractivity contribution in [3.8, 4) is 0 Å². The summed E-state index contributed by atoms with van der Waals surface area (Å²) in [5, 5.41) is 3.92. The van der Waals surface area contributed by atoms with Crippen molar-refractivity contribution in [3.05, 3.63) is 102 Å². The van der Waals surface area contributed by atoms with Gasteiger partial charge in [0.15, 0.2) is 5.78 Å². The van der Waals surface area contributed by atoms with E-state index in [1.807, 2.05) is 48.5 Å². The Bertz CT molecular complexity index is 1170. The van der Waals surface area contributed by atoms with Crippen molar-refractivity contribution in [1.29, 1.82) is 0 Å². The number of fused-ring (bicyclic) bond motifs is 1. The van der Waals surface area contributed by atoms with Crippen molar-refractivity contribution in [2.75, 3.05) is 11.1 Å². The fourth-order valence-electron chi connectivity index (χ4n) is 3.06. The van der Waals surface area contributed by atoms with Gasteiger partial charge < -0.3 is 5.32 Å². The Balaban J connectivity index is 1.48. The molecule has 4 rings (SSSR count). The molecule has 4 nitrogen and oxygen atoms in total. The molecule has 0 fully saturated rings. The van der Waals surface area contributed by atoms with Crippen molar-refractivity contribution in [2.24, 2.45) is 0 Å². The number of carbonyl (C=O) groups excluding carboxylic acids is 2. The van der Waals surface area contributed by atoms with Crippen LogP contribution >= 0.6 is 11.8 Å². The SMILES string of the molecule is O=C(CSc1cccc2cccnc12)Nc1ccccc1C(=O)c1ccccc1. The number of nitrogens with one attached hydrogen (secondary N) is 1. The lowest BCUT2D eigenvalue weighted by molar-refractivity contribution is -0.113. The molecule has 0 aliphatic heterocycles. The molecule has 0 saturated carbocycles. The third-order valence-electron chi connectivity index (χ3n) is 4.44. The molecular formula is C24H18N2O2S. The first-order chi connectivity index (χ1) is 14.2. The number of pyridine rings is 1. The van der Waals surface area contributed by atoms with Crippen LogP contribution in [0.5, 0.6) is 0 Å². The second kappa shape index (κ2) is 8.71. The molecule has 142 valence electrons. The van der Waals surface area contributed by atoms with E-state index in [0.717, 1.165) is 15.8 Å². The molecule has 4 aromatic rings. The number of hydrogen-bond donors (Lipinski definition) is 1. The zero-order valence-corrected chi connectivity index (χ0v) is 16.4. The Kier molecular flexibility index (Phi) is 5.68. The number of benzene rings is 3. The lowest BCUT2D eigenvalue weighted by Crippen LogP contribution is -2.17. The van der Waals surface area contributed by atoms with Gasteiger partial charge in [0.1, 0.15) is 0 Å². The van der Waals surface area contributed by atoms with E-state index < -0.39 is 0 Å². The Morgan fingerprint density at radius 1 is 0.828 bits per heavy atom. The van der Waals surface area contributed by atoms with Gasteiger partial charge in [-0.3, -0.25) is 14.6 Å². The number of nitrogens with zero attached hydrogens (tertiary/aromatic N) is 1. The zero-order valence-electron chi connectivity index (χ0n) is 15.5. The van der Waals surface area contributed by atoms with E-state index in [4.69, 9.17) is 0 Å². The number of amides is 1. The number of aromatic nitrogens is 1. The Labute approximate surface area is 173 Å². The second-order valence-electron chi connectivity index (χ2n) is 6.41. The van der Waals surface area contributed by atoms with Gasteiger partial charge in [0.2, 0.25) is 5.91 Å². The van der Waals surface area contributed by atoms with Gasteiger partial charge in [-0.2, -0.15) is 0 Å². The van der Waals surface area contributed by atoms with Gasteiger partial charge in [-0.25, -0.2) is 0 Å². The molecule has 3 aromatic carbocycles. The van der Waals surface area contributed by atoms with Crippen LogP contribution in [0.1, 0.15) is 15.9 Å². The van der Waals surface area contributed by atoms with Crippen LogP contribution in [0.4, 0.5) is 5.69 Å². The molecule has 0 radical (unpaired) electrons. The summed E-state index contributed by atoms with van der Waals surface area (Å²) in [6.07, 6.45) is 1.75. The highest BCUT2D eigenvalue weighted by Crippen LogP contribution is 2.26. The number of carbonyl (C=O) groups is 2. The number of ketones is 1.